The summed E-state index contributed by atoms with van der Waals surface area (Å²) < 4.78 is 0. The molecule has 0 spiro atoms. The molecule has 0 N–H and O–H groups in total. The fourth-order valence-corrected chi connectivity index (χ4v) is 2.05. The molecular formula is C16H27NO. The van der Waals surface area contributed by atoms with Crippen molar-refractivity contribution in [1.82, 2.24) is 4.90 Å². The van der Waals surface area contributed by atoms with Crippen LogP contribution in [0.2, 0.25) is 0 Å². The van der Waals surface area contributed by atoms with Crippen LogP contribution in [0, 0.1) is 6.92 Å². The summed E-state index contributed by atoms with van der Waals surface area (Å²) >= 11 is 0. The highest BCUT2D eigenvalue weighted by Crippen LogP contribution is 2.25. The van der Waals surface area contributed by atoms with Gasteiger partial charge in [0.15, 0.2) is 0 Å². The Morgan fingerprint density at radius 1 is 1.17 bits per heavy atom. The number of carbonyl (C=O) groups excluding carboxylic acids is 1. The lowest BCUT2D eigenvalue weighted by Gasteiger charge is -2.13. The Bertz CT molecular complexity index is 371. The first kappa shape index (κ1) is 16.7. The fourth-order valence-electron chi connectivity index (χ4n) is 2.05. The molecule has 0 saturated heterocycles. The lowest BCUT2D eigenvalue weighted by Crippen LogP contribution is -2.24. The number of nitrogens with zero attached hydrogens (tertiary/aromatic N) is 1. The highest BCUT2D eigenvalue weighted by atomic mass is 16.2. The van der Waals surface area contributed by atoms with E-state index in [4.69, 9.17) is 0 Å². The third-order valence-corrected chi connectivity index (χ3v) is 2.71. The Kier molecular flexibility index (Phi) is 8.10. The lowest BCUT2D eigenvalue weighted by atomic mass is 10.0. The van der Waals surface area contributed by atoms with E-state index in [2.05, 4.69) is 13.0 Å². The molecule has 18 heavy (non-hydrogen) atoms. The van der Waals surface area contributed by atoms with Crippen LogP contribution < -0.4 is 0 Å². The van der Waals surface area contributed by atoms with Crippen molar-refractivity contribution in [3.05, 3.63) is 34.9 Å². The molecule has 0 atom stereocenters. The maximum Gasteiger partial charge on any atom is 0.254 e. The molecule has 2 heteroatoms. The molecule has 1 heterocycles. The van der Waals surface area contributed by atoms with Crippen LogP contribution in [-0.4, -0.2) is 17.4 Å². The van der Waals surface area contributed by atoms with Gasteiger partial charge in [0.1, 0.15) is 0 Å². The highest BCUT2D eigenvalue weighted by molar-refractivity contribution is 5.99. The lowest BCUT2D eigenvalue weighted by molar-refractivity contribution is 0.0778. The second kappa shape index (κ2) is 8.73. The number of rotatable bonds is 2. The first-order valence-electron chi connectivity index (χ1n) is 7.11. The Labute approximate surface area is 112 Å². The van der Waals surface area contributed by atoms with Gasteiger partial charge in [-0.05, 0) is 24.5 Å². The number of fused-ring (bicyclic) bond motifs is 1. The largest absolute Gasteiger partial charge is 0.334 e. The van der Waals surface area contributed by atoms with Crippen LogP contribution in [-0.2, 0) is 6.54 Å². The summed E-state index contributed by atoms with van der Waals surface area (Å²) in [6.45, 7) is 13.8. The van der Waals surface area contributed by atoms with Crippen molar-refractivity contribution in [2.24, 2.45) is 0 Å². The van der Waals surface area contributed by atoms with Gasteiger partial charge < -0.3 is 4.90 Å². The van der Waals surface area contributed by atoms with Gasteiger partial charge in [0.25, 0.3) is 5.91 Å². The number of benzene rings is 1. The Morgan fingerprint density at radius 3 is 2.28 bits per heavy atom. The number of hydrogen-bond acceptors (Lipinski definition) is 1. The molecule has 1 aliphatic heterocycles. The molecule has 1 aliphatic rings. The van der Waals surface area contributed by atoms with Crippen LogP contribution in [0.5, 0.6) is 0 Å². The zero-order chi connectivity index (χ0) is 14.1. The predicted molar refractivity (Wildman–Crippen MR) is 78.9 cm³/mol. The molecule has 0 aliphatic carbocycles. The first-order chi connectivity index (χ1) is 8.74. The third-order valence-electron chi connectivity index (χ3n) is 2.71. The van der Waals surface area contributed by atoms with Gasteiger partial charge in [0.05, 0.1) is 0 Å². The summed E-state index contributed by atoms with van der Waals surface area (Å²) in [6.07, 6.45) is 1.03. The number of aryl methyl sites for hydroxylation is 1. The maximum absolute atomic E-state index is 11.9. The number of amides is 1. The third kappa shape index (κ3) is 3.59. The molecule has 102 valence electrons. The van der Waals surface area contributed by atoms with Crippen molar-refractivity contribution >= 4 is 5.91 Å². The zero-order valence-electron chi connectivity index (χ0n) is 12.7. The van der Waals surface area contributed by atoms with Crippen LogP contribution in [0.1, 0.15) is 62.5 Å². The molecule has 0 aromatic heterocycles. The Hall–Kier alpha value is -1.31. The normalized spacial score (nSPS) is 12.1. The van der Waals surface area contributed by atoms with Crippen LogP contribution >= 0.6 is 0 Å². The van der Waals surface area contributed by atoms with E-state index >= 15 is 0 Å². The summed E-state index contributed by atoms with van der Waals surface area (Å²) in [4.78, 5) is 13.9. The molecular weight excluding hydrogens is 222 g/mol. The summed E-state index contributed by atoms with van der Waals surface area (Å²) in [6, 6.07) is 6.08. The van der Waals surface area contributed by atoms with Crippen molar-refractivity contribution in [1.29, 1.82) is 0 Å². The van der Waals surface area contributed by atoms with E-state index in [1.54, 1.807) is 0 Å². The topological polar surface area (TPSA) is 20.3 Å². The molecule has 1 aromatic carbocycles. The van der Waals surface area contributed by atoms with Gasteiger partial charge in [-0.25, -0.2) is 0 Å². The maximum atomic E-state index is 11.9. The molecule has 0 bridgehead atoms. The molecule has 1 aromatic rings. The number of hydrogen-bond donors (Lipinski definition) is 0. The minimum Gasteiger partial charge on any atom is -0.334 e. The van der Waals surface area contributed by atoms with Gasteiger partial charge in [-0.2, -0.15) is 0 Å². The molecule has 0 saturated carbocycles. The van der Waals surface area contributed by atoms with Crippen LogP contribution in [0.4, 0.5) is 0 Å². The fraction of sp³-hybridized carbons (Fsp3) is 0.562. The summed E-state index contributed by atoms with van der Waals surface area (Å²) in [5.41, 5.74) is 3.22. The van der Waals surface area contributed by atoms with E-state index in [1.165, 1.54) is 5.56 Å². The average molecular weight is 249 g/mol. The Balaban J connectivity index is 0.000000659. The monoisotopic (exact) mass is 249 g/mol. The van der Waals surface area contributed by atoms with Gasteiger partial charge in [0.2, 0.25) is 0 Å². The van der Waals surface area contributed by atoms with E-state index < -0.39 is 0 Å². The predicted octanol–water partition coefficient (Wildman–Crippen LogP) is 4.41. The van der Waals surface area contributed by atoms with E-state index in [0.29, 0.717) is 0 Å². The van der Waals surface area contributed by atoms with Gasteiger partial charge in [-0.1, -0.05) is 52.8 Å². The van der Waals surface area contributed by atoms with Crippen LogP contribution in [0.3, 0.4) is 0 Å². The molecule has 0 fully saturated rings. The molecule has 2 rings (SSSR count). The van der Waals surface area contributed by atoms with E-state index in [1.807, 2.05) is 51.7 Å². The van der Waals surface area contributed by atoms with Crippen molar-refractivity contribution < 1.29 is 4.79 Å². The molecule has 2 nitrogen and oxygen atoms in total. The van der Waals surface area contributed by atoms with E-state index in [0.717, 1.165) is 30.6 Å². The quantitative estimate of drug-likeness (QED) is 0.760. The van der Waals surface area contributed by atoms with Crippen molar-refractivity contribution in [2.45, 2.75) is 54.5 Å². The molecule has 0 unspecified atom stereocenters. The van der Waals surface area contributed by atoms with Crippen molar-refractivity contribution in [3.63, 3.8) is 0 Å². The first-order valence-corrected chi connectivity index (χ1v) is 7.11. The van der Waals surface area contributed by atoms with Crippen molar-refractivity contribution in [3.8, 4) is 0 Å². The standard InChI is InChI=1S/C12H15NO.2C2H6/c1-3-7-13-8-10-6-4-5-9(2)11(10)12(13)14;2*1-2/h4-6H,3,7-8H2,1-2H3;2*1-2H3. The van der Waals surface area contributed by atoms with Gasteiger partial charge in [-0.3, -0.25) is 4.79 Å². The van der Waals surface area contributed by atoms with Crippen molar-refractivity contribution in [2.75, 3.05) is 6.54 Å². The second-order valence-electron chi connectivity index (χ2n) is 3.84. The van der Waals surface area contributed by atoms with Crippen LogP contribution in [0.15, 0.2) is 18.2 Å². The molecule has 1 amide bonds. The van der Waals surface area contributed by atoms with Crippen LogP contribution in [0.25, 0.3) is 0 Å². The summed E-state index contributed by atoms with van der Waals surface area (Å²) in [5.74, 6) is 0.208. The smallest absolute Gasteiger partial charge is 0.254 e. The minimum atomic E-state index is 0.208. The summed E-state index contributed by atoms with van der Waals surface area (Å²) in [5, 5.41) is 0. The summed E-state index contributed by atoms with van der Waals surface area (Å²) in [7, 11) is 0. The highest BCUT2D eigenvalue weighted by Gasteiger charge is 2.27. The second-order valence-corrected chi connectivity index (χ2v) is 3.84. The zero-order valence-corrected chi connectivity index (χ0v) is 12.7. The number of carbonyl (C=O) groups is 1. The Morgan fingerprint density at radius 2 is 1.78 bits per heavy atom. The van der Waals surface area contributed by atoms with Gasteiger partial charge >= 0.3 is 0 Å². The minimum absolute atomic E-state index is 0.208. The average Bonchev–Trinajstić information content (AvgIpc) is 2.73. The SMILES string of the molecule is CC.CC.CCCN1Cc2cccc(C)c2C1=O. The van der Waals surface area contributed by atoms with Gasteiger partial charge in [0, 0.05) is 18.7 Å². The van der Waals surface area contributed by atoms with E-state index in [9.17, 15) is 4.79 Å². The van der Waals surface area contributed by atoms with E-state index in [-0.39, 0.29) is 5.91 Å². The molecule has 0 radical (unpaired) electrons. The van der Waals surface area contributed by atoms with Gasteiger partial charge in [-0.15, -0.1) is 0 Å².